The largest absolute Gasteiger partial charge is 1.00 e. The molecule has 0 radical (unpaired) electrons. The molecule has 0 aliphatic carbocycles. The normalized spacial score (nSPS) is 39.8. The molecule has 1 unspecified atom stereocenters. The minimum absolute atomic E-state index is 0. The summed E-state index contributed by atoms with van der Waals surface area (Å²) in [6.07, 6.45) is 0. The van der Waals surface area contributed by atoms with Gasteiger partial charge in [0.2, 0.25) is 2.88 Å². The Morgan fingerprint density at radius 2 is 2.19 bits per heavy atom. The van der Waals surface area contributed by atoms with E-state index in [-0.39, 0.29) is 42.3 Å². The van der Waals surface area contributed by atoms with Crippen LogP contribution in [0.1, 0.15) is 15.3 Å². The molecule has 86 valence electrons. The monoisotopic (exact) mass is 385 g/mol. The molecule has 0 saturated carbocycles. The zero-order valence-corrected chi connectivity index (χ0v) is 14.8. The molecule has 2 rings (SSSR count). The van der Waals surface area contributed by atoms with Gasteiger partial charge in [-0.1, -0.05) is 11.6 Å². The zero-order valence-electron chi connectivity index (χ0n) is 10.0. The van der Waals surface area contributed by atoms with Crippen LogP contribution in [0.5, 0.6) is 0 Å². The SMILES string of the molecule is CC1(C)S[C@H]2N(C(=O)C2(Cl)I)[C@H]1C(=O)O.[H-].[Na+]. The molecule has 0 aromatic carbocycles. The Balaban J connectivity index is 0.00000128. The summed E-state index contributed by atoms with van der Waals surface area (Å²) in [5, 5.41) is 8.87. The number of amides is 1. The fourth-order valence-electron chi connectivity index (χ4n) is 1.98. The molecule has 0 aromatic heterocycles. The number of carbonyl (C=O) groups is 2. The molecule has 2 aliphatic heterocycles. The maximum absolute atomic E-state index is 11.7. The number of alkyl halides is 2. The molecule has 1 N–H and O–H groups in total. The Hall–Kier alpha value is 1.31. The molecule has 2 fully saturated rings. The molecule has 1 amide bonds. The molecule has 2 heterocycles. The van der Waals surface area contributed by atoms with Gasteiger partial charge in [-0.25, -0.2) is 4.79 Å². The van der Waals surface area contributed by atoms with Crippen LogP contribution in [0.4, 0.5) is 0 Å². The van der Waals surface area contributed by atoms with Crippen LogP contribution in [0.2, 0.25) is 0 Å². The van der Waals surface area contributed by atoms with Gasteiger partial charge in [0.1, 0.15) is 11.4 Å². The van der Waals surface area contributed by atoms with Gasteiger partial charge in [0.25, 0.3) is 5.91 Å². The van der Waals surface area contributed by atoms with Gasteiger partial charge in [0.15, 0.2) is 0 Å². The van der Waals surface area contributed by atoms with E-state index < -0.39 is 19.6 Å². The van der Waals surface area contributed by atoms with E-state index >= 15 is 0 Å². The summed E-state index contributed by atoms with van der Waals surface area (Å²) in [5.74, 6) is -1.26. The predicted molar refractivity (Wildman–Crippen MR) is 67.4 cm³/mol. The van der Waals surface area contributed by atoms with Gasteiger partial charge in [0, 0.05) is 4.75 Å². The molecule has 2 saturated heterocycles. The number of fused-ring (bicyclic) bond motifs is 1. The molecule has 0 bridgehead atoms. The average molecular weight is 386 g/mol. The second kappa shape index (κ2) is 4.45. The van der Waals surface area contributed by atoms with Crippen LogP contribution < -0.4 is 29.6 Å². The van der Waals surface area contributed by atoms with Crippen molar-refractivity contribution in [3.8, 4) is 0 Å². The number of aliphatic carboxylic acids is 1. The number of nitrogens with zero attached hydrogens (tertiary/aromatic N) is 1. The van der Waals surface area contributed by atoms with E-state index in [1.807, 2.05) is 36.4 Å². The smallest absolute Gasteiger partial charge is 1.00 e. The summed E-state index contributed by atoms with van der Waals surface area (Å²) in [6.45, 7) is 3.65. The first-order valence-corrected chi connectivity index (χ1v) is 6.64. The average Bonchev–Trinajstić information content (AvgIpc) is 2.35. The Bertz CT molecular complexity index is 371. The molecule has 4 nitrogen and oxygen atoms in total. The molecule has 2 aliphatic rings. The Morgan fingerprint density at radius 1 is 1.69 bits per heavy atom. The van der Waals surface area contributed by atoms with Crippen LogP contribution in [0, 0.1) is 0 Å². The van der Waals surface area contributed by atoms with Crippen molar-refractivity contribution in [1.82, 2.24) is 4.90 Å². The second-order valence-corrected chi connectivity index (χ2v) is 8.82. The minimum Gasteiger partial charge on any atom is -1.00 e. The summed E-state index contributed by atoms with van der Waals surface area (Å²) in [4.78, 5) is 24.2. The zero-order chi connectivity index (χ0) is 11.6. The minimum atomic E-state index is -0.968. The van der Waals surface area contributed by atoms with Crippen molar-refractivity contribution in [2.45, 2.75) is 32.9 Å². The number of carbonyl (C=O) groups excluding carboxylic acids is 1. The van der Waals surface area contributed by atoms with E-state index in [2.05, 4.69) is 0 Å². The molecule has 16 heavy (non-hydrogen) atoms. The molecule has 8 heteroatoms. The first kappa shape index (κ1) is 15.4. The van der Waals surface area contributed by atoms with Crippen LogP contribution in [-0.2, 0) is 9.59 Å². The third-order valence-electron chi connectivity index (χ3n) is 2.67. The predicted octanol–water partition coefficient (Wildman–Crippen LogP) is -1.38. The van der Waals surface area contributed by atoms with Crippen molar-refractivity contribution in [1.29, 1.82) is 0 Å². The Kier molecular flexibility index (Phi) is 4.27. The van der Waals surface area contributed by atoms with Gasteiger partial charge in [0.05, 0.1) is 0 Å². The van der Waals surface area contributed by atoms with Gasteiger partial charge < -0.3 is 11.4 Å². The van der Waals surface area contributed by atoms with E-state index in [0.29, 0.717) is 0 Å². The maximum Gasteiger partial charge on any atom is 1.00 e. The van der Waals surface area contributed by atoms with E-state index in [0.717, 1.165) is 0 Å². The summed E-state index contributed by atoms with van der Waals surface area (Å²) < 4.78 is -1.46. The Morgan fingerprint density at radius 3 is 2.62 bits per heavy atom. The third kappa shape index (κ3) is 1.93. The summed E-state index contributed by atoms with van der Waals surface area (Å²) in [7, 11) is 0. The van der Waals surface area contributed by atoms with Crippen molar-refractivity contribution in [3.63, 3.8) is 0 Å². The van der Waals surface area contributed by atoms with Crippen molar-refractivity contribution in [3.05, 3.63) is 0 Å². The number of thioether (sulfide) groups is 1. The van der Waals surface area contributed by atoms with Gasteiger partial charge >= 0.3 is 35.5 Å². The molecule has 3 atom stereocenters. The van der Waals surface area contributed by atoms with Crippen LogP contribution in [-0.4, -0.2) is 40.9 Å². The topological polar surface area (TPSA) is 57.6 Å². The van der Waals surface area contributed by atoms with Crippen LogP contribution >= 0.6 is 46.0 Å². The maximum atomic E-state index is 11.7. The van der Waals surface area contributed by atoms with E-state index in [4.69, 9.17) is 16.7 Å². The van der Waals surface area contributed by atoms with Crippen LogP contribution in [0.3, 0.4) is 0 Å². The number of halogens is 2. The number of carboxylic acid groups (broad SMARTS) is 1. The number of β-lactam (4-membered cyclic amide) rings is 1. The van der Waals surface area contributed by atoms with E-state index in [1.54, 1.807) is 0 Å². The first-order valence-electron chi connectivity index (χ1n) is 4.31. The number of carboxylic acids is 1. The van der Waals surface area contributed by atoms with E-state index in [1.165, 1.54) is 16.7 Å². The summed E-state index contributed by atoms with van der Waals surface area (Å²) in [5.41, 5.74) is 0. The van der Waals surface area contributed by atoms with Gasteiger partial charge in [-0.2, -0.15) is 0 Å². The van der Waals surface area contributed by atoms with Gasteiger partial charge in [-0.05, 0) is 36.4 Å². The van der Waals surface area contributed by atoms with Crippen molar-refractivity contribution >= 4 is 57.8 Å². The first-order chi connectivity index (χ1) is 6.69. The van der Waals surface area contributed by atoms with E-state index in [9.17, 15) is 9.59 Å². The molecular weight excluding hydrogens is 376 g/mol. The fraction of sp³-hybridized carbons (Fsp3) is 0.750. The summed E-state index contributed by atoms with van der Waals surface area (Å²) in [6, 6.07) is -0.776. The number of rotatable bonds is 1. The van der Waals surface area contributed by atoms with Crippen LogP contribution in [0.15, 0.2) is 0 Å². The van der Waals surface area contributed by atoms with Crippen molar-refractivity contribution in [2.24, 2.45) is 0 Å². The number of hydrogen-bond acceptors (Lipinski definition) is 3. The second-order valence-electron chi connectivity index (χ2n) is 4.15. The van der Waals surface area contributed by atoms with Crippen molar-refractivity contribution in [2.75, 3.05) is 0 Å². The molecule has 0 spiro atoms. The quantitative estimate of drug-likeness (QED) is 0.262. The van der Waals surface area contributed by atoms with Gasteiger partial charge in [-0.3, -0.25) is 4.79 Å². The summed E-state index contributed by atoms with van der Waals surface area (Å²) >= 11 is 9.37. The standard InChI is InChI=1S/C8H9ClINO3S.Na.H/c1-7(2)3(4(12)13)11-5(14)8(9,10)6(11)15-7;;/h3,6H,1-2H3,(H,12,13);;/q;+1;-1/t3-,6+,8?;;/m0../s1. The van der Waals surface area contributed by atoms with Crippen molar-refractivity contribution < 1.29 is 45.7 Å². The molecule has 0 aromatic rings. The Labute approximate surface area is 140 Å². The van der Waals surface area contributed by atoms with Crippen LogP contribution in [0.25, 0.3) is 0 Å². The fourth-order valence-corrected chi connectivity index (χ4v) is 4.77. The number of hydrogen-bond donors (Lipinski definition) is 1. The van der Waals surface area contributed by atoms with Gasteiger partial charge in [-0.15, -0.1) is 11.8 Å². The molecular formula is C8H10ClINNaO3S. The third-order valence-corrected chi connectivity index (χ3v) is 6.27.